The van der Waals surface area contributed by atoms with Gasteiger partial charge < -0.3 is 14.6 Å². The van der Waals surface area contributed by atoms with Crippen molar-refractivity contribution in [2.45, 2.75) is 33.2 Å². The minimum Gasteiger partial charge on any atom is -0.462 e. The Bertz CT molecular complexity index is 942. The van der Waals surface area contributed by atoms with Crippen molar-refractivity contribution in [3.8, 4) is 0 Å². The summed E-state index contributed by atoms with van der Waals surface area (Å²) in [4.78, 5) is 24.4. The number of hydrogen-bond donors (Lipinski definition) is 1. The number of aromatic nitrogens is 1. The summed E-state index contributed by atoms with van der Waals surface area (Å²) < 4.78 is 7.17. The van der Waals surface area contributed by atoms with Crippen molar-refractivity contribution < 1.29 is 14.3 Å². The highest BCUT2D eigenvalue weighted by molar-refractivity contribution is 5.94. The molecule has 0 spiro atoms. The second-order valence-electron chi connectivity index (χ2n) is 6.55. The van der Waals surface area contributed by atoms with Crippen LogP contribution >= 0.6 is 0 Å². The zero-order chi connectivity index (χ0) is 19.2. The highest BCUT2D eigenvalue weighted by Gasteiger charge is 2.11. The molecular weight excluding hydrogens is 340 g/mol. The van der Waals surface area contributed by atoms with Crippen LogP contribution in [-0.4, -0.2) is 23.1 Å². The average Bonchev–Trinajstić information content (AvgIpc) is 2.98. The smallest absolute Gasteiger partial charge is 0.338 e. The van der Waals surface area contributed by atoms with Crippen LogP contribution in [0.15, 0.2) is 54.6 Å². The maximum Gasteiger partial charge on any atom is 0.338 e. The van der Waals surface area contributed by atoms with Gasteiger partial charge in [0.2, 0.25) is 5.91 Å². The summed E-state index contributed by atoms with van der Waals surface area (Å²) in [7, 11) is 0. The second kappa shape index (κ2) is 8.54. The topological polar surface area (TPSA) is 60.3 Å². The van der Waals surface area contributed by atoms with E-state index >= 15 is 0 Å². The first-order valence-corrected chi connectivity index (χ1v) is 9.20. The maximum absolute atomic E-state index is 12.4. The molecule has 5 nitrogen and oxygen atoms in total. The van der Waals surface area contributed by atoms with Crippen LogP contribution in [0.4, 0.5) is 5.69 Å². The summed E-state index contributed by atoms with van der Waals surface area (Å²) in [6, 6.07) is 16.8. The highest BCUT2D eigenvalue weighted by atomic mass is 16.5. The molecule has 0 aliphatic heterocycles. The number of nitrogens with one attached hydrogen (secondary N) is 1. The monoisotopic (exact) mass is 364 g/mol. The number of nitrogens with zero attached hydrogens (tertiary/aromatic N) is 1. The number of ether oxygens (including phenoxy) is 1. The van der Waals surface area contributed by atoms with E-state index in [1.807, 2.05) is 42.7 Å². The lowest BCUT2D eigenvalue weighted by Crippen LogP contribution is -2.19. The van der Waals surface area contributed by atoms with Gasteiger partial charge in [-0.1, -0.05) is 31.5 Å². The third-order valence-corrected chi connectivity index (χ3v) is 4.45. The van der Waals surface area contributed by atoms with E-state index in [4.69, 9.17) is 4.74 Å². The lowest BCUT2D eigenvalue weighted by Gasteiger charge is -2.10. The molecule has 5 heteroatoms. The summed E-state index contributed by atoms with van der Waals surface area (Å²) in [6.45, 7) is 4.70. The number of hydrogen-bond acceptors (Lipinski definition) is 3. The first-order valence-electron chi connectivity index (χ1n) is 9.20. The zero-order valence-electron chi connectivity index (χ0n) is 15.7. The normalized spacial score (nSPS) is 10.7. The number of fused-ring (bicyclic) bond motifs is 1. The first kappa shape index (κ1) is 18.7. The summed E-state index contributed by atoms with van der Waals surface area (Å²) in [5.74, 6) is -0.450. The van der Waals surface area contributed by atoms with E-state index in [1.54, 1.807) is 24.3 Å². The molecule has 27 heavy (non-hydrogen) atoms. The summed E-state index contributed by atoms with van der Waals surface area (Å²) in [5, 5.41) is 4.00. The number of unbranched alkanes of at least 4 members (excludes halogenated alkanes) is 1. The van der Waals surface area contributed by atoms with Gasteiger partial charge in [0, 0.05) is 16.9 Å². The molecule has 0 saturated carbocycles. The van der Waals surface area contributed by atoms with E-state index in [0.29, 0.717) is 17.9 Å². The van der Waals surface area contributed by atoms with Crippen LogP contribution in [0.1, 0.15) is 35.8 Å². The lowest BCUT2D eigenvalue weighted by atomic mass is 10.2. The van der Waals surface area contributed by atoms with Crippen LogP contribution in [0.25, 0.3) is 10.9 Å². The van der Waals surface area contributed by atoms with Crippen molar-refractivity contribution >= 4 is 28.5 Å². The number of esters is 1. The number of carbonyl (C=O) groups is 2. The van der Waals surface area contributed by atoms with E-state index in [1.165, 1.54) is 0 Å². The number of aryl methyl sites for hydroxylation is 1. The van der Waals surface area contributed by atoms with Gasteiger partial charge in [0.05, 0.1) is 12.2 Å². The van der Waals surface area contributed by atoms with Gasteiger partial charge in [-0.05, 0) is 55.1 Å². The van der Waals surface area contributed by atoms with Crippen LogP contribution in [0.5, 0.6) is 0 Å². The summed E-state index contributed by atoms with van der Waals surface area (Å²) in [5.41, 5.74) is 3.21. The molecule has 1 aromatic heterocycles. The standard InChI is InChI=1S/C22H24N2O3/c1-3-4-13-27-22(26)17-9-11-19(12-10-17)23-21(25)15-24-16(2)14-18-7-5-6-8-20(18)24/h5-12,14H,3-4,13,15H2,1-2H3,(H,23,25). The third-order valence-electron chi connectivity index (χ3n) is 4.45. The number of amides is 1. The molecule has 0 aliphatic carbocycles. The van der Waals surface area contributed by atoms with Gasteiger partial charge in [0.15, 0.2) is 0 Å². The zero-order valence-corrected chi connectivity index (χ0v) is 15.7. The van der Waals surface area contributed by atoms with Gasteiger partial charge in [-0.15, -0.1) is 0 Å². The molecule has 0 fully saturated rings. The van der Waals surface area contributed by atoms with Gasteiger partial charge in [0.1, 0.15) is 6.54 Å². The van der Waals surface area contributed by atoms with E-state index in [-0.39, 0.29) is 18.4 Å². The third kappa shape index (κ3) is 4.56. The van der Waals surface area contributed by atoms with E-state index in [0.717, 1.165) is 29.4 Å². The quantitative estimate of drug-likeness (QED) is 0.494. The van der Waals surface area contributed by atoms with Crippen molar-refractivity contribution in [2.75, 3.05) is 11.9 Å². The molecule has 0 unspecified atom stereocenters. The fourth-order valence-corrected chi connectivity index (χ4v) is 2.98. The Labute approximate surface area is 158 Å². The highest BCUT2D eigenvalue weighted by Crippen LogP contribution is 2.19. The fourth-order valence-electron chi connectivity index (χ4n) is 2.98. The Morgan fingerprint density at radius 3 is 2.56 bits per heavy atom. The number of rotatable bonds is 7. The molecule has 3 aromatic rings. The van der Waals surface area contributed by atoms with Crippen LogP contribution in [0.2, 0.25) is 0 Å². The number of anilines is 1. The van der Waals surface area contributed by atoms with Crippen LogP contribution < -0.4 is 5.32 Å². The molecule has 140 valence electrons. The van der Waals surface area contributed by atoms with Gasteiger partial charge in [-0.3, -0.25) is 4.79 Å². The SMILES string of the molecule is CCCCOC(=O)c1ccc(NC(=O)Cn2c(C)cc3ccccc32)cc1. The van der Waals surface area contributed by atoms with Crippen LogP contribution in [0, 0.1) is 6.92 Å². The minimum atomic E-state index is -0.337. The van der Waals surface area contributed by atoms with Gasteiger partial charge in [-0.25, -0.2) is 4.79 Å². The molecule has 3 rings (SSSR count). The van der Waals surface area contributed by atoms with E-state index in [2.05, 4.69) is 11.4 Å². The first-order chi connectivity index (χ1) is 13.1. The molecule has 1 N–H and O–H groups in total. The van der Waals surface area contributed by atoms with Crippen molar-refractivity contribution in [1.29, 1.82) is 0 Å². The molecule has 0 bridgehead atoms. The number of carbonyl (C=O) groups excluding carboxylic acids is 2. The van der Waals surface area contributed by atoms with Gasteiger partial charge in [0.25, 0.3) is 0 Å². The summed E-state index contributed by atoms with van der Waals surface area (Å²) >= 11 is 0. The Balaban J connectivity index is 1.62. The predicted octanol–water partition coefficient (Wildman–Crippen LogP) is 4.55. The Morgan fingerprint density at radius 1 is 1.07 bits per heavy atom. The largest absolute Gasteiger partial charge is 0.462 e. The molecular formula is C22H24N2O3. The predicted molar refractivity (Wildman–Crippen MR) is 107 cm³/mol. The molecule has 0 aliphatic rings. The molecule has 0 atom stereocenters. The van der Waals surface area contributed by atoms with Crippen molar-refractivity contribution in [1.82, 2.24) is 4.57 Å². The van der Waals surface area contributed by atoms with Crippen LogP contribution in [-0.2, 0) is 16.1 Å². The number of benzene rings is 2. The second-order valence-corrected chi connectivity index (χ2v) is 6.55. The van der Waals surface area contributed by atoms with Crippen molar-refractivity contribution in [3.63, 3.8) is 0 Å². The van der Waals surface area contributed by atoms with E-state index in [9.17, 15) is 9.59 Å². The number of para-hydroxylation sites is 1. The Morgan fingerprint density at radius 2 is 1.81 bits per heavy atom. The van der Waals surface area contributed by atoms with Crippen molar-refractivity contribution in [3.05, 3.63) is 65.9 Å². The minimum absolute atomic E-state index is 0.113. The lowest BCUT2D eigenvalue weighted by molar-refractivity contribution is -0.116. The molecule has 0 radical (unpaired) electrons. The van der Waals surface area contributed by atoms with Gasteiger partial charge >= 0.3 is 5.97 Å². The fraction of sp³-hybridized carbons (Fsp3) is 0.273. The molecule has 1 amide bonds. The molecule has 2 aromatic carbocycles. The van der Waals surface area contributed by atoms with Crippen molar-refractivity contribution in [2.24, 2.45) is 0 Å². The van der Waals surface area contributed by atoms with Crippen LogP contribution in [0.3, 0.4) is 0 Å². The van der Waals surface area contributed by atoms with Gasteiger partial charge in [-0.2, -0.15) is 0 Å². The Kier molecular flexibility index (Phi) is 5.91. The summed E-state index contributed by atoms with van der Waals surface area (Å²) in [6.07, 6.45) is 1.84. The van der Waals surface area contributed by atoms with E-state index < -0.39 is 0 Å². The maximum atomic E-state index is 12.4. The Hall–Kier alpha value is -3.08. The molecule has 1 heterocycles. The molecule has 0 saturated heterocycles. The average molecular weight is 364 g/mol.